The summed E-state index contributed by atoms with van der Waals surface area (Å²) in [6.07, 6.45) is 0. The van der Waals surface area contributed by atoms with Gasteiger partial charge in [-0.25, -0.2) is 9.97 Å². The van der Waals surface area contributed by atoms with Crippen LogP contribution in [0.5, 0.6) is 5.75 Å². The average molecular weight is 384 g/mol. The number of hydrogen-bond acceptors (Lipinski definition) is 8. The number of anilines is 2. The normalized spacial score (nSPS) is 10.8. The molecule has 0 amide bonds. The van der Waals surface area contributed by atoms with Gasteiger partial charge in [-0.05, 0) is 24.3 Å². The van der Waals surface area contributed by atoms with Crippen LogP contribution in [0.4, 0.5) is 16.0 Å². The molecule has 0 radical (unpaired) electrons. The van der Waals surface area contributed by atoms with Gasteiger partial charge < -0.3 is 10.1 Å². The van der Waals surface area contributed by atoms with Gasteiger partial charge in [-0.3, -0.25) is 10.1 Å². The van der Waals surface area contributed by atoms with Gasteiger partial charge in [0.25, 0.3) is 5.69 Å². The lowest BCUT2D eigenvalue weighted by Crippen LogP contribution is -1.89. The molecule has 0 aliphatic carbocycles. The summed E-state index contributed by atoms with van der Waals surface area (Å²) in [4.78, 5) is 19.4. The first-order valence-electron chi connectivity index (χ1n) is 7.54. The highest BCUT2D eigenvalue weighted by molar-refractivity contribution is 7.22. The maximum Gasteiger partial charge on any atom is 0.269 e. The molecule has 0 bridgehead atoms. The fourth-order valence-corrected chi connectivity index (χ4v) is 4.03. The molecule has 0 spiro atoms. The van der Waals surface area contributed by atoms with E-state index in [1.165, 1.54) is 34.8 Å². The first-order chi connectivity index (χ1) is 12.6. The molecule has 4 aromatic rings. The van der Waals surface area contributed by atoms with E-state index in [4.69, 9.17) is 4.74 Å². The third-order valence-corrected chi connectivity index (χ3v) is 5.40. The molecule has 1 N–H and O–H groups in total. The molecule has 26 heavy (non-hydrogen) atoms. The number of ether oxygens (including phenoxy) is 1. The van der Waals surface area contributed by atoms with Gasteiger partial charge in [0, 0.05) is 29.1 Å². The van der Waals surface area contributed by atoms with Crippen molar-refractivity contribution < 1.29 is 9.66 Å². The topological polar surface area (TPSA) is 90.2 Å². The van der Waals surface area contributed by atoms with Crippen LogP contribution in [-0.4, -0.2) is 22.0 Å². The summed E-state index contributed by atoms with van der Waals surface area (Å²) in [6.45, 7) is 0. The van der Waals surface area contributed by atoms with Gasteiger partial charge in [-0.1, -0.05) is 11.3 Å². The van der Waals surface area contributed by atoms with E-state index in [0.717, 1.165) is 32.4 Å². The Labute approximate surface area is 156 Å². The molecule has 130 valence electrons. The highest BCUT2D eigenvalue weighted by Crippen LogP contribution is 2.33. The highest BCUT2D eigenvalue weighted by Gasteiger charge is 2.10. The minimum atomic E-state index is -0.417. The Bertz CT molecular complexity index is 1090. The SMILES string of the molecule is COc1ccc2sc(Nc3nc(-c4ccc([N+](=O)[O-])cc4)cs3)nc2c1. The zero-order valence-corrected chi connectivity index (χ0v) is 15.1. The van der Waals surface area contributed by atoms with E-state index in [-0.39, 0.29) is 5.69 Å². The van der Waals surface area contributed by atoms with Crippen LogP contribution >= 0.6 is 22.7 Å². The second-order valence-corrected chi connectivity index (χ2v) is 7.21. The third kappa shape index (κ3) is 3.22. The van der Waals surface area contributed by atoms with Crippen molar-refractivity contribution in [3.63, 3.8) is 0 Å². The van der Waals surface area contributed by atoms with Crippen molar-refractivity contribution in [2.45, 2.75) is 0 Å². The maximum atomic E-state index is 10.7. The number of aromatic nitrogens is 2. The summed E-state index contributed by atoms with van der Waals surface area (Å²) in [7, 11) is 1.63. The number of nitrogens with one attached hydrogen (secondary N) is 1. The number of nitro benzene ring substituents is 1. The largest absolute Gasteiger partial charge is 0.497 e. The number of fused-ring (bicyclic) bond motifs is 1. The Kier molecular flexibility index (Phi) is 4.23. The fourth-order valence-electron chi connectivity index (χ4n) is 2.40. The summed E-state index contributed by atoms with van der Waals surface area (Å²) in [5.74, 6) is 0.768. The van der Waals surface area contributed by atoms with Gasteiger partial charge in [0.2, 0.25) is 0 Å². The third-order valence-electron chi connectivity index (χ3n) is 3.69. The number of benzene rings is 2. The molecule has 0 saturated carbocycles. The van der Waals surface area contributed by atoms with Crippen molar-refractivity contribution in [3.05, 3.63) is 58.0 Å². The average Bonchev–Trinajstić information content (AvgIpc) is 3.27. The number of nitrogens with zero attached hydrogens (tertiary/aromatic N) is 3. The van der Waals surface area contributed by atoms with E-state index >= 15 is 0 Å². The smallest absolute Gasteiger partial charge is 0.269 e. The number of rotatable bonds is 5. The Hall–Kier alpha value is -3.04. The fraction of sp³-hybridized carbons (Fsp3) is 0.0588. The molecular formula is C17H12N4O3S2. The van der Waals surface area contributed by atoms with Crippen LogP contribution in [0, 0.1) is 10.1 Å². The van der Waals surface area contributed by atoms with Gasteiger partial charge >= 0.3 is 0 Å². The van der Waals surface area contributed by atoms with E-state index in [0.29, 0.717) is 5.13 Å². The van der Waals surface area contributed by atoms with Gasteiger partial charge in [-0.2, -0.15) is 0 Å². The second-order valence-electron chi connectivity index (χ2n) is 5.32. The molecule has 2 aromatic heterocycles. The Morgan fingerprint density at radius 1 is 1.12 bits per heavy atom. The van der Waals surface area contributed by atoms with Crippen LogP contribution in [0.2, 0.25) is 0 Å². The van der Waals surface area contributed by atoms with E-state index in [9.17, 15) is 10.1 Å². The quantitative estimate of drug-likeness (QED) is 0.381. The zero-order valence-electron chi connectivity index (χ0n) is 13.5. The minimum Gasteiger partial charge on any atom is -0.497 e. The van der Waals surface area contributed by atoms with Gasteiger partial charge in [0.15, 0.2) is 10.3 Å². The Morgan fingerprint density at radius 2 is 1.92 bits per heavy atom. The van der Waals surface area contributed by atoms with Crippen LogP contribution in [0.25, 0.3) is 21.5 Å². The summed E-state index contributed by atoms with van der Waals surface area (Å²) < 4.78 is 6.27. The molecule has 4 rings (SSSR count). The van der Waals surface area contributed by atoms with Crippen LogP contribution in [0.3, 0.4) is 0 Å². The number of nitro groups is 1. The van der Waals surface area contributed by atoms with Crippen molar-refractivity contribution in [2.75, 3.05) is 12.4 Å². The van der Waals surface area contributed by atoms with Gasteiger partial charge in [-0.15, -0.1) is 11.3 Å². The lowest BCUT2D eigenvalue weighted by atomic mass is 10.1. The van der Waals surface area contributed by atoms with Gasteiger partial charge in [0.1, 0.15) is 5.75 Å². The van der Waals surface area contributed by atoms with Crippen molar-refractivity contribution in [2.24, 2.45) is 0 Å². The molecule has 0 unspecified atom stereocenters. The van der Waals surface area contributed by atoms with E-state index in [2.05, 4.69) is 15.3 Å². The lowest BCUT2D eigenvalue weighted by Gasteiger charge is -1.97. The predicted molar refractivity (Wildman–Crippen MR) is 104 cm³/mol. The van der Waals surface area contributed by atoms with Crippen molar-refractivity contribution >= 4 is 48.8 Å². The number of non-ortho nitro benzene ring substituents is 1. The van der Waals surface area contributed by atoms with Crippen LogP contribution in [0.15, 0.2) is 47.8 Å². The molecule has 0 aliphatic heterocycles. The monoisotopic (exact) mass is 384 g/mol. The van der Waals surface area contributed by atoms with E-state index in [1.54, 1.807) is 19.2 Å². The van der Waals surface area contributed by atoms with Crippen molar-refractivity contribution in [1.82, 2.24) is 9.97 Å². The Morgan fingerprint density at radius 3 is 2.65 bits per heavy atom. The zero-order chi connectivity index (χ0) is 18.1. The van der Waals surface area contributed by atoms with Crippen LogP contribution in [-0.2, 0) is 0 Å². The Balaban J connectivity index is 1.55. The van der Waals surface area contributed by atoms with Gasteiger partial charge in [0.05, 0.1) is 27.9 Å². The van der Waals surface area contributed by atoms with Crippen molar-refractivity contribution in [1.29, 1.82) is 0 Å². The molecule has 0 saturated heterocycles. The first kappa shape index (κ1) is 16.4. The summed E-state index contributed by atoms with van der Waals surface area (Å²) in [6, 6.07) is 12.1. The van der Waals surface area contributed by atoms with E-state index < -0.39 is 4.92 Å². The van der Waals surface area contributed by atoms with E-state index in [1.807, 2.05) is 23.6 Å². The predicted octanol–water partition coefficient (Wildman–Crippen LogP) is 5.08. The maximum absolute atomic E-state index is 10.7. The second kappa shape index (κ2) is 6.70. The first-order valence-corrected chi connectivity index (χ1v) is 9.24. The lowest BCUT2D eigenvalue weighted by molar-refractivity contribution is -0.384. The molecule has 2 heterocycles. The standard InChI is InChI=1S/C17H12N4O3S2/c1-24-12-6-7-15-13(8-12)18-17(26-15)20-16-19-14(9-25-16)10-2-4-11(5-3-10)21(22)23/h2-9H,1H3,(H,18,19,20). The molecule has 9 heteroatoms. The van der Waals surface area contributed by atoms with Crippen LogP contribution in [0.1, 0.15) is 0 Å². The summed E-state index contributed by atoms with van der Waals surface area (Å²) >= 11 is 2.99. The molecule has 0 aliphatic rings. The number of hydrogen-bond donors (Lipinski definition) is 1. The summed E-state index contributed by atoms with van der Waals surface area (Å²) in [5.41, 5.74) is 2.51. The highest BCUT2D eigenvalue weighted by atomic mass is 32.1. The van der Waals surface area contributed by atoms with Crippen LogP contribution < -0.4 is 10.1 Å². The molecular weight excluding hydrogens is 372 g/mol. The molecule has 0 fully saturated rings. The number of thiazole rings is 2. The minimum absolute atomic E-state index is 0.0623. The summed E-state index contributed by atoms with van der Waals surface area (Å²) in [5, 5.41) is 17.3. The molecule has 2 aromatic carbocycles. The molecule has 7 nitrogen and oxygen atoms in total. The van der Waals surface area contributed by atoms with Crippen molar-refractivity contribution in [3.8, 4) is 17.0 Å². The molecule has 0 atom stereocenters. The number of methoxy groups -OCH3 is 1.